The van der Waals surface area contributed by atoms with E-state index in [4.69, 9.17) is 11.6 Å². The van der Waals surface area contributed by atoms with Crippen molar-refractivity contribution < 1.29 is 0 Å². The Kier molecular flexibility index (Phi) is 6.40. The Labute approximate surface area is 137 Å². The lowest BCUT2D eigenvalue weighted by Crippen LogP contribution is -2.25. The van der Waals surface area contributed by atoms with Gasteiger partial charge in [-0.25, -0.2) is 0 Å². The summed E-state index contributed by atoms with van der Waals surface area (Å²) in [7, 11) is 0. The number of nitrogens with one attached hydrogen (secondary N) is 1. The van der Waals surface area contributed by atoms with Crippen molar-refractivity contribution in [2.24, 2.45) is 0 Å². The quantitative estimate of drug-likeness (QED) is 0.791. The fraction of sp³-hybridized carbons (Fsp3) is 0.529. The van der Waals surface area contributed by atoms with E-state index in [1.165, 1.54) is 6.42 Å². The number of halogens is 1. The molecule has 22 heavy (non-hydrogen) atoms. The molecule has 0 aromatic carbocycles. The minimum Gasteiger partial charge on any atom is -0.381 e. The number of hydrogen-bond donors (Lipinski definition) is 1. The molecule has 0 aliphatic heterocycles. The molecule has 2 aromatic rings. The SMILES string of the molecule is CCN(CC)CCC[C@@H](C)Nc1ccnc2cc(Cl)cnc12. The topological polar surface area (TPSA) is 41.0 Å². The molecule has 0 aliphatic carbocycles. The predicted octanol–water partition coefficient (Wildman–Crippen LogP) is 4.21. The first kappa shape index (κ1) is 17.0. The molecule has 2 rings (SSSR count). The van der Waals surface area contributed by atoms with Crippen LogP contribution < -0.4 is 5.32 Å². The lowest BCUT2D eigenvalue weighted by Gasteiger charge is -2.20. The molecule has 0 saturated carbocycles. The molecule has 0 spiro atoms. The van der Waals surface area contributed by atoms with E-state index in [2.05, 4.69) is 41.0 Å². The first-order chi connectivity index (χ1) is 10.6. The lowest BCUT2D eigenvalue weighted by molar-refractivity contribution is 0.295. The Morgan fingerprint density at radius 1 is 1.27 bits per heavy atom. The van der Waals surface area contributed by atoms with Gasteiger partial charge in [-0.1, -0.05) is 25.4 Å². The molecule has 2 aromatic heterocycles. The Morgan fingerprint density at radius 3 is 2.77 bits per heavy atom. The summed E-state index contributed by atoms with van der Waals surface area (Å²) in [6.07, 6.45) is 5.79. The van der Waals surface area contributed by atoms with Gasteiger partial charge >= 0.3 is 0 Å². The van der Waals surface area contributed by atoms with Crippen LogP contribution in [0.4, 0.5) is 5.69 Å². The third kappa shape index (κ3) is 4.55. The second-order valence-corrected chi connectivity index (χ2v) is 6.03. The highest BCUT2D eigenvalue weighted by atomic mass is 35.5. The normalized spacial score (nSPS) is 12.8. The minimum absolute atomic E-state index is 0.402. The van der Waals surface area contributed by atoms with Gasteiger partial charge in [-0.2, -0.15) is 0 Å². The van der Waals surface area contributed by atoms with Crippen LogP contribution in [0.1, 0.15) is 33.6 Å². The summed E-state index contributed by atoms with van der Waals surface area (Å²) in [5.41, 5.74) is 2.73. The largest absolute Gasteiger partial charge is 0.381 e. The molecule has 1 N–H and O–H groups in total. The first-order valence-corrected chi connectivity index (χ1v) is 8.41. The monoisotopic (exact) mass is 320 g/mol. The molecule has 0 aliphatic rings. The molecule has 2 heterocycles. The fourth-order valence-electron chi connectivity index (χ4n) is 2.62. The molecule has 0 amide bonds. The van der Waals surface area contributed by atoms with E-state index >= 15 is 0 Å². The fourth-order valence-corrected chi connectivity index (χ4v) is 2.77. The first-order valence-electron chi connectivity index (χ1n) is 8.03. The maximum Gasteiger partial charge on any atom is 0.112 e. The summed E-state index contributed by atoms with van der Waals surface area (Å²) in [5, 5.41) is 4.17. The number of rotatable bonds is 8. The van der Waals surface area contributed by atoms with Crippen molar-refractivity contribution in [2.45, 2.75) is 39.7 Å². The molecule has 0 saturated heterocycles. The lowest BCUT2D eigenvalue weighted by atomic mass is 10.1. The average molecular weight is 321 g/mol. The molecule has 120 valence electrons. The van der Waals surface area contributed by atoms with Crippen LogP contribution in [0.3, 0.4) is 0 Å². The van der Waals surface area contributed by atoms with Gasteiger partial charge in [0.1, 0.15) is 5.52 Å². The molecule has 5 heteroatoms. The second kappa shape index (κ2) is 8.30. The Hall–Kier alpha value is -1.39. The maximum atomic E-state index is 5.97. The number of hydrogen-bond acceptors (Lipinski definition) is 4. The highest BCUT2D eigenvalue weighted by molar-refractivity contribution is 6.31. The minimum atomic E-state index is 0.402. The number of fused-ring (bicyclic) bond motifs is 1. The molecular formula is C17H25ClN4. The number of pyridine rings is 2. The van der Waals surface area contributed by atoms with Crippen LogP contribution in [0.5, 0.6) is 0 Å². The highest BCUT2D eigenvalue weighted by Gasteiger charge is 2.08. The van der Waals surface area contributed by atoms with Crippen molar-refractivity contribution in [1.29, 1.82) is 0 Å². The third-order valence-electron chi connectivity index (χ3n) is 3.95. The van der Waals surface area contributed by atoms with Gasteiger partial charge in [0.05, 0.1) is 16.2 Å². The summed E-state index contributed by atoms with van der Waals surface area (Å²) in [4.78, 5) is 11.2. The smallest absolute Gasteiger partial charge is 0.112 e. The van der Waals surface area contributed by atoms with Crippen molar-refractivity contribution in [1.82, 2.24) is 14.9 Å². The predicted molar refractivity (Wildman–Crippen MR) is 94.7 cm³/mol. The van der Waals surface area contributed by atoms with Crippen LogP contribution in [0.25, 0.3) is 11.0 Å². The zero-order valence-electron chi connectivity index (χ0n) is 13.6. The van der Waals surface area contributed by atoms with Crippen molar-refractivity contribution in [3.05, 3.63) is 29.5 Å². The van der Waals surface area contributed by atoms with E-state index in [0.29, 0.717) is 11.1 Å². The molecule has 4 nitrogen and oxygen atoms in total. The highest BCUT2D eigenvalue weighted by Crippen LogP contribution is 2.22. The second-order valence-electron chi connectivity index (χ2n) is 5.59. The average Bonchev–Trinajstić information content (AvgIpc) is 2.51. The zero-order valence-corrected chi connectivity index (χ0v) is 14.4. The van der Waals surface area contributed by atoms with E-state index in [-0.39, 0.29) is 0 Å². The summed E-state index contributed by atoms with van der Waals surface area (Å²) in [6, 6.07) is 4.23. The van der Waals surface area contributed by atoms with Crippen LogP contribution in [0.15, 0.2) is 24.5 Å². The van der Waals surface area contributed by atoms with Gasteiger partial charge in [-0.15, -0.1) is 0 Å². The van der Waals surface area contributed by atoms with E-state index in [1.54, 1.807) is 12.4 Å². The van der Waals surface area contributed by atoms with Crippen LogP contribution >= 0.6 is 11.6 Å². The summed E-state index contributed by atoms with van der Waals surface area (Å²) >= 11 is 5.97. The molecule has 0 unspecified atom stereocenters. The van der Waals surface area contributed by atoms with E-state index in [1.807, 2.05) is 12.1 Å². The van der Waals surface area contributed by atoms with Crippen molar-refractivity contribution in [2.75, 3.05) is 25.0 Å². The van der Waals surface area contributed by atoms with Gasteiger partial charge < -0.3 is 10.2 Å². The van der Waals surface area contributed by atoms with Gasteiger partial charge in [-0.05, 0) is 51.5 Å². The summed E-state index contributed by atoms with van der Waals surface area (Å²) in [6.45, 7) is 10.0. The van der Waals surface area contributed by atoms with Crippen molar-refractivity contribution in [3.63, 3.8) is 0 Å². The van der Waals surface area contributed by atoms with Gasteiger partial charge in [0.15, 0.2) is 0 Å². The van der Waals surface area contributed by atoms with Crippen LogP contribution in [-0.2, 0) is 0 Å². The number of anilines is 1. The van der Waals surface area contributed by atoms with Crippen LogP contribution in [0, 0.1) is 0 Å². The maximum absolute atomic E-state index is 5.97. The van der Waals surface area contributed by atoms with Gasteiger partial charge in [-0.3, -0.25) is 9.97 Å². The van der Waals surface area contributed by atoms with Crippen LogP contribution in [0.2, 0.25) is 5.02 Å². The molecule has 0 radical (unpaired) electrons. The third-order valence-corrected chi connectivity index (χ3v) is 4.16. The zero-order chi connectivity index (χ0) is 15.9. The molecule has 1 atom stereocenters. The van der Waals surface area contributed by atoms with Crippen LogP contribution in [-0.4, -0.2) is 40.5 Å². The van der Waals surface area contributed by atoms with E-state index < -0.39 is 0 Å². The number of nitrogens with zero attached hydrogens (tertiary/aromatic N) is 3. The van der Waals surface area contributed by atoms with E-state index in [0.717, 1.165) is 42.8 Å². The van der Waals surface area contributed by atoms with Gasteiger partial charge in [0, 0.05) is 18.4 Å². The Balaban J connectivity index is 1.95. The summed E-state index contributed by atoms with van der Waals surface area (Å²) in [5.74, 6) is 0. The standard InChI is InChI=1S/C17H25ClN4/c1-4-22(5-2)10-6-7-13(3)21-15-8-9-19-16-11-14(18)12-20-17(15)16/h8-9,11-13H,4-7,10H2,1-3H3,(H,19,21)/t13-/m1/s1. The molecular weight excluding hydrogens is 296 g/mol. The van der Waals surface area contributed by atoms with Gasteiger partial charge in [0.2, 0.25) is 0 Å². The van der Waals surface area contributed by atoms with Gasteiger partial charge in [0.25, 0.3) is 0 Å². The Morgan fingerprint density at radius 2 is 2.05 bits per heavy atom. The molecule has 0 bridgehead atoms. The van der Waals surface area contributed by atoms with E-state index in [9.17, 15) is 0 Å². The number of aromatic nitrogens is 2. The summed E-state index contributed by atoms with van der Waals surface area (Å²) < 4.78 is 0. The Bertz CT molecular complexity index is 598. The molecule has 0 fully saturated rings. The van der Waals surface area contributed by atoms with Crippen molar-refractivity contribution >= 4 is 28.3 Å². The van der Waals surface area contributed by atoms with Crippen molar-refractivity contribution in [3.8, 4) is 0 Å².